The molecule has 0 bridgehead atoms. The molecule has 1 aromatic heterocycles. The average molecular weight is 467 g/mol. The molecule has 2 aromatic rings. The lowest BCUT2D eigenvalue weighted by molar-refractivity contribution is 0.0345. The molecule has 0 radical (unpaired) electrons. The number of hydrogen-bond acceptors (Lipinski definition) is 6. The molecule has 1 fully saturated rings. The number of nitrogens with zero attached hydrogens (tertiary/aromatic N) is 3. The SMILES string of the molecule is C[C@H](CO)N1C[C@H](C)[C@H](CN(C)CC2CC2)Oc2c(NC(=O)c3ccncc3)cccc2C1=O. The number of pyridine rings is 1. The van der Waals surface area contributed by atoms with E-state index in [0.717, 1.165) is 12.5 Å². The summed E-state index contributed by atoms with van der Waals surface area (Å²) in [6.07, 6.45) is 5.48. The summed E-state index contributed by atoms with van der Waals surface area (Å²) in [5.74, 6) is 0.639. The predicted molar refractivity (Wildman–Crippen MR) is 130 cm³/mol. The number of aromatic nitrogens is 1. The van der Waals surface area contributed by atoms with E-state index in [1.165, 1.54) is 12.8 Å². The number of likely N-dealkylation sites (N-methyl/N-ethyl adjacent to an activating group) is 1. The van der Waals surface area contributed by atoms with Crippen LogP contribution in [-0.4, -0.2) is 77.1 Å². The van der Waals surface area contributed by atoms with Crippen LogP contribution in [0.2, 0.25) is 0 Å². The summed E-state index contributed by atoms with van der Waals surface area (Å²) >= 11 is 0. The van der Waals surface area contributed by atoms with Crippen LogP contribution >= 0.6 is 0 Å². The van der Waals surface area contributed by atoms with Crippen LogP contribution in [0.25, 0.3) is 0 Å². The van der Waals surface area contributed by atoms with Crippen LogP contribution < -0.4 is 10.1 Å². The van der Waals surface area contributed by atoms with Gasteiger partial charge in [0.15, 0.2) is 5.75 Å². The van der Waals surface area contributed by atoms with Gasteiger partial charge in [-0.1, -0.05) is 13.0 Å². The second-order valence-corrected chi connectivity index (χ2v) is 9.66. The standard InChI is InChI=1S/C26H34N4O4/c1-17-13-30(18(2)16-31)26(33)21-5-4-6-22(28-25(32)20-9-11-27-12-10-20)24(21)34-23(17)15-29(3)14-19-7-8-19/h4-6,9-12,17-19,23,31H,7-8,13-16H2,1-3H3,(H,28,32)/t17-,18+,23-/m0/s1. The van der Waals surface area contributed by atoms with Crippen molar-refractivity contribution in [3.8, 4) is 5.75 Å². The topological polar surface area (TPSA) is 95.0 Å². The number of nitrogens with one attached hydrogen (secondary N) is 1. The molecular formula is C26H34N4O4. The zero-order valence-electron chi connectivity index (χ0n) is 20.1. The summed E-state index contributed by atoms with van der Waals surface area (Å²) in [7, 11) is 2.10. The predicted octanol–water partition coefficient (Wildman–Crippen LogP) is 2.90. The minimum Gasteiger partial charge on any atom is -0.486 e. The van der Waals surface area contributed by atoms with Crippen molar-refractivity contribution in [3.63, 3.8) is 0 Å². The minimum absolute atomic E-state index is 0.0247. The number of carbonyl (C=O) groups excluding carboxylic acids is 2. The third-order valence-electron chi connectivity index (χ3n) is 6.64. The van der Waals surface area contributed by atoms with E-state index in [9.17, 15) is 14.7 Å². The molecule has 1 aromatic carbocycles. The van der Waals surface area contributed by atoms with Gasteiger partial charge in [0.05, 0.1) is 23.9 Å². The maximum absolute atomic E-state index is 13.5. The van der Waals surface area contributed by atoms with Crippen LogP contribution in [0.4, 0.5) is 5.69 Å². The van der Waals surface area contributed by atoms with Gasteiger partial charge in [-0.15, -0.1) is 0 Å². The minimum atomic E-state index is -0.333. The fraction of sp³-hybridized carbons (Fsp3) is 0.500. The molecule has 34 heavy (non-hydrogen) atoms. The van der Waals surface area contributed by atoms with E-state index in [0.29, 0.717) is 35.7 Å². The van der Waals surface area contributed by atoms with Crippen LogP contribution in [0.3, 0.4) is 0 Å². The zero-order chi connectivity index (χ0) is 24.2. The lowest BCUT2D eigenvalue weighted by atomic mass is 9.99. The Morgan fingerprint density at radius 1 is 1.26 bits per heavy atom. The van der Waals surface area contributed by atoms with Crippen LogP contribution in [0.5, 0.6) is 5.75 Å². The second-order valence-electron chi connectivity index (χ2n) is 9.66. The molecule has 8 nitrogen and oxygen atoms in total. The third-order valence-corrected chi connectivity index (χ3v) is 6.64. The Hall–Kier alpha value is -2.97. The molecule has 1 saturated carbocycles. The maximum Gasteiger partial charge on any atom is 0.258 e. The summed E-state index contributed by atoms with van der Waals surface area (Å²) < 4.78 is 6.54. The number of carbonyl (C=O) groups is 2. The molecule has 2 amide bonds. The molecule has 2 aliphatic rings. The first-order chi connectivity index (χ1) is 16.4. The van der Waals surface area contributed by atoms with Crippen LogP contribution in [0.1, 0.15) is 47.4 Å². The average Bonchev–Trinajstić information content (AvgIpc) is 3.65. The van der Waals surface area contributed by atoms with E-state index in [1.54, 1.807) is 47.6 Å². The van der Waals surface area contributed by atoms with Crippen molar-refractivity contribution in [3.05, 3.63) is 53.9 Å². The summed E-state index contributed by atoms with van der Waals surface area (Å²) in [6.45, 7) is 6.00. The van der Waals surface area contributed by atoms with Gasteiger partial charge in [-0.3, -0.25) is 14.6 Å². The number of ether oxygens (including phenoxy) is 1. The Labute approximate surface area is 200 Å². The van der Waals surface area contributed by atoms with Gasteiger partial charge in [-0.05, 0) is 57.0 Å². The van der Waals surface area contributed by atoms with E-state index in [2.05, 4.69) is 29.2 Å². The van der Waals surface area contributed by atoms with Gasteiger partial charge in [0.25, 0.3) is 11.8 Å². The van der Waals surface area contributed by atoms with E-state index < -0.39 is 0 Å². The fourth-order valence-corrected chi connectivity index (χ4v) is 4.38. The second kappa shape index (κ2) is 10.5. The molecule has 8 heteroatoms. The first kappa shape index (κ1) is 24.2. The number of para-hydroxylation sites is 1. The first-order valence-electron chi connectivity index (χ1n) is 12.0. The fourth-order valence-electron chi connectivity index (χ4n) is 4.38. The monoisotopic (exact) mass is 466 g/mol. The van der Waals surface area contributed by atoms with Gasteiger partial charge < -0.3 is 25.0 Å². The Balaban J connectivity index is 1.68. The molecule has 3 atom stereocenters. The van der Waals surface area contributed by atoms with Crippen LogP contribution in [0, 0.1) is 11.8 Å². The summed E-state index contributed by atoms with van der Waals surface area (Å²) in [5, 5.41) is 12.7. The number of hydrogen-bond donors (Lipinski definition) is 2. The summed E-state index contributed by atoms with van der Waals surface area (Å²) in [6, 6.07) is 8.15. The Morgan fingerprint density at radius 2 is 2.00 bits per heavy atom. The Kier molecular flexibility index (Phi) is 7.48. The third kappa shape index (κ3) is 5.56. The van der Waals surface area contributed by atoms with Gasteiger partial charge in [0, 0.05) is 43.5 Å². The highest BCUT2D eigenvalue weighted by atomic mass is 16.5. The molecule has 0 saturated heterocycles. The summed E-state index contributed by atoms with van der Waals surface area (Å²) in [5.41, 5.74) is 1.30. The molecule has 0 spiro atoms. The number of anilines is 1. The number of amides is 2. The van der Waals surface area contributed by atoms with E-state index in [-0.39, 0.29) is 36.5 Å². The number of rotatable bonds is 8. The molecule has 1 aliphatic carbocycles. The molecule has 0 unspecified atom stereocenters. The van der Waals surface area contributed by atoms with E-state index >= 15 is 0 Å². The van der Waals surface area contributed by atoms with Crippen molar-refractivity contribution in [1.29, 1.82) is 0 Å². The zero-order valence-corrected chi connectivity index (χ0v) is 20.1. The van der Waals surface area contributed by atoms with Crippen molar-refractivity contribution in [1.82, 2.24) is 14.8 Å². The van der Waals surface area contributed by atoms with Crippen molar-refractivity contribution >= 4 is 17.5 Å². The van der Waals surface area contributed by atoms with E-state index in [4.69, 9.17) is 4.74 Å². The Bertz CT molecular complexity index is 1010. The first-order valence-corrected chi connectivity index (χ1v) is 12.0. The number of aliphatic hydroxyl groups is 1. The van der Waals surface area contributed by atoms with Crippen molar-refractivity contribution in [2.75, 3.05) is 38.6 Å². The molecule has 182 valence electrons. The molecule has 4 rings (SSSR count). The van der Waals surface area contributed by atoms with E-state index in [1.807, 2.05) is 6.92 Å². The molecule has 2 N–H and O–H groups in total. The van der Waals surface area contributed by atoms with Gasteiger partial charge in [-0.25, -0.2) is 0 Å². The highest BCUT2D eigenvalue weighted by molar-refractivity contribution is 6.07. The highest BCUT2D eigenvalue weighted by Gasteiger charge is 2.35. The lowest BCUT2D eigenvalue weighted by Gasteiger charge is -2.38. The van der Waals surface area contributed by atoms with Crippen molar-refractivity contribution in [2.45, 2.75) is 38.8 Å². The largest absolute Gasteiger partial charge is 0.486 e. The molecular weight excluding hydrogens is 432 g/mol. The molecule has 2 heterocycles. The van der Waals surface area contributed by atoms with Crippen LogP contribution in [0.15, 0.2) is 42.7 Å². The number of benzene rings is 1. The van der Waals surface area contributed by atoms with Gasteiger partial charge >= 0.3 is 0 Å². The van der Waals surface area contributed by atoms with Crippen molar-refractivity contribution in [2.24, 2.45) is 11.8 Å². The quantitative estimate of drug-likeness (QED) is 0.621. The smallest absolute Gasteiger partial charge is 0.258 e. The summed E-state index contributed by atoms with van der Waals surface area (Å²) in [4.78, 5) is 34.4. The maximum atomic E-state index is 13.5. The molecule has 1 aliphatic heterocycles. The Morgan fingerprint density at radius 3 is 2.68 bits per heavy atom. The van der Waals surface area contributed by atoms with Gasteiger partial charge in [0.1, 0.15) is 6.10 Å². The van der Waals surface area contributed by atoms with Crippen LogP contribution in [-0.2, 0) is 0 Å². The van der Waals surface area contributed by atoms with Gasteiger partial charge in [-0.2, -0.15) is 0 Å². The lowest BCUT2D eigenvalue weighted by Crippen LogP contribution is -2.50. The highest BCUT2D eigenvalue weighted by Crippen LogP contribution is 2.35. The van der Waals surface area contributed by atoms with Gasteiger partial charge in [0.2, 0.25) is 0 Å². The normalized spacial score (nSPS) is 21.3. The number of fused-ring (bicyclic) bond motifs is 1. The van der Waals surface area contributed by atoms with Crippen molar-refractivity contribution < 1.29 is 19.4 Å². The number of aliphatic hydroxyl groups excluding tert-OH is 1.